The summed E-state index contributed by atoms with van der Waals surface area (Å²) in [7, 11) is -3.34. The number of carbonyl (C=O) groups excluding carboxylic acids is 1. The molecule has 0 radical (unpaired) electrons. The van der Waals surface area contributed by atoms with Crippen molar-refractivity contribution in [2.75, 3.05) is 17.1 Å². The highest BCUT2D eigenvalue weighted by molar-refractivity contribution is 7.92. The van der Waals surface area contributed by atoms with Gasteiger partial charge in [0, 0.05) is 18.2 Å². The van der Waals surface area contributed by atoms with Crippen LogP contribution in [-0.4, -0.2) is 44.2 Å². The van der Waals surface area contributed by atoms with Crippen LogP contribution in [-0.2, 0) is 21.2 Å². The minimum atomic E-state index is -3.34. The molecule has 1 aromatic rings. The molecule has 2 unspecified atom stereocenters. The smallest absolute Gasteiger partial charge is 0.308 e. The number of benzene rings is 1. The van der Waals surface area contributed by atoms with Gasteiger partial charge in [-0.3, -0.25) is 13.9 Å². The SMILES string of the molecule is CC(NC(=O)c1ccc2c(c1)CCCN2S(C)(=O)=O)C(C)C(=O)O. The Labute approximate surface area is 141 Å². The number of nitrogens with zero attached hydrogens (tertiary/aromatic N) is 1. The number of anilines is 1. The topological polar surface area (TPSA) is 104 Å². The van der Waals surface area contributed by atoms with Gasteiger partial charge in [0.1, 0.15) is 0 Å². The van der Waals surface area contributed by atoms with Crippen LogP contribution in [0, 0.1) is 5.92 Å². The number of carboxylic acid groups (broad SMARTS) is 1. The second-order valence-electron chi connectivity index (χ2n) is 6.17. The van der Waals surface area contributed by atoms with Crippen LogP contribution in [0.1, 0.15) is 36.2 Å². The minimum Gasteiger partial charge on any atom is -0.481 e. The molecule has 1 aliphatic rings. The Bertz CT molecular complexity index is 760. The van der Waals surface area contributed by atoms with E-state index in [-0.39, 0.29) is 5.91 Å². The van der Waals surface area contributed by atoms with Crippen molar-refractivity contribution >= 4 is 27.6 Å². The van der Waals surface area contributed by atoms with E-state index in [0.717, 1.165) is 11.8 Å². The Morgan fingerprint density at radius 3 is 2.54 bits per heavy atom. The van der Waals surface area contributed by atoms with Crippen molar-refractivity contribution in [3.8, 4) is 0 Å². The van der Waals surface area contributed by atoms with Gasteiger partial charge in [-0.25, -0.2) is 8.42 Å². The fourth-order valence-electron chi connectivity index (χ4n) is 2.68. The number of rotatable bonds is 5. The monoisotopic (exact) mass is 354 g/mol. The van der Waals surface area contributed by atoms with Gasteiger partial charge in [0.15, 0.2) is 0 Å². The largest absolute Gasteiger partial charge is 0.481 e. The summed E-state index contributed by atoms with van der Waals surface area (Å²) < 4.78 is 25.0. The lowest BCUT2D eigenvalue weighted by Gasteiger charge is -2.29. The first-order valence-corrected chi connectivity index (χ1v) is 9.60. The molecular weight excluding hydrogens is 332 g/mol. The van der Waals surface area contributed by atoms with Crippen LogP contribution >= 0.6 is 0 Å². The molecule has 1 amide bonds. The summed E-state index contributed by atoms with van der Waals surface area (Å²) in [5.74, 6) is -2.04. The number of aryl methyl sites for hydroxylation is 1. The van der Waals surface area contributed by atoms with Gasteiger partial charge in [0.25, 0.3) is 5.91 Å². The first-order chi connectivity index (χ1) is 11.1. The zero-order valence-electron chi connectivity index (χ0n) is 13.9. The minimum absolute atomic E-state index is 0.366. The number of nitrogens with one attached hydrogen (secondary N) is 1. The molecule has 0 aromatic heterocycles. The summed E-state index contributed by atoms with van der Waals surface area (Å²) in [5, 5.41) is 11.7. The summed E-state index contributed by atoms with van der Waals surface area (Å²) in [6.45, 7) is 3.61. The molecule has 2 N–H and O–H groups in total. The fourth-order valence-corrected chi connectivity index (χ4v) is 3.67. The Morgan fingerprint density at radius 2 is 1.96 bits per heavy atom. The lowest BCUT2D eigenvalue weighted by Crippen LogP contribution is -2.40. The summed E-state index contributed by atoms with van der Waals surface area (Å²) in [4.78, 5) is 23.3. The molecule has 0 aliphatic carbocycles. The van der Waals surface area contributed by atoms with Crippen LogP contribution in [0.4, 0.5) is 5.69 Å². The standard InChI is InChI=1S/C16H22N2O5S/c1-10(16(20)21)11(2)17-15(19)13-6-7-14-12(9-13)5-4-8-18(14)24(3,22)23/h6-7,9-11H,4-5,8H2,1-3H3,(H,17,19)(H,20,21). The fraction of sp³-hybridized carbons (Fsp3) is 0.500. The lowest BCUT2D eigenvalue weighted by atomic mass is 9.99. The molecule has 0 bridgehead atoms. The molecule has 0 fully saturated rings. The molecule has 1 aromatic carbocycles. The third kappa shape index (κ3) is 3.87. The van der Waals surface area contributed by atoms with Crippen molar-refractivity contribution in [3.63, 3.8) is 0 Å². The summed E-state index contributed by atoms with van der Waals surface area (Å²) in [6.07, 6.45) is 2.55. The molecular formula is C16H22N2O5S. The predicted molar refractivity (Wildman–Crippen MR) is 90.7 cm³/mol. The highest BCUT2D eigenvalue weighted by Gasteiger charge is 2.26. The number of fused-ring (bicyclic) bond motifs is 1. The van der Waals surface area contributed by atoms with E-state index in [0.29, 0.717) is 30.6 Å². The molecule has 0 saturated heterocycles. The second kappa shape index (κ2) is 6.80. The number of carbonyl (C=O) groups is 2. The maximum absolute atomic E-state index is 12.3. The van der Waals surface area contributed by atoms with Gasteiger partial charge in [-0.15, -0.1) is 0 Å². The van der Waals surface area contributed by atoms with Gasteiger partial charge in [0.2, 0.25) is 10.0 Å². The zero-order chi connectivity index (χ0) is 18.1. The normalized spacial score (nSPS) is 16.9. The maximum atomic E-state index is 12.3. The van der Waals surface area contributed by atoms with Crippen LogP contribution in [0.3, 0.4) is 0 Å². The van der Waals surface area contributed by atoms with Crippen LogP contribution in [0.5, 0.6) is 0 Å². The van der Waals surface area contributed by atoms with Crippen LogP contribution < -0.4 is 9.62 Å². The lowest BCUT2D eigenvalue weighted by molar-refractivity contribution is -0.141. The number of hydrogen-bond donors (Lipinski definition) is 2. The van der Waals surface area contributed by atoms with E-state index in [9.17, 15) is 18.0 Å². The van der Waals surface area contributed by atoms with E-state index < -0.39 is 28.0 Å². The van der Waals surface area contributed by atoms with Crippen molar-refractivity contribution in [1.29, 1.82) is 0 Å². The Hall–Kier alpha value is -2.09. The average molecular weight is 354 g/mol. The average Bonchev–Trinajstić information content (AvgIpc) is 2.51. The third-order valence-corrected chi connectivity index (χ3v) is 5.50. The predicted octanol–water partition coefficient (Wildman–Crippen LogP) is 1.24. The molecule has 8 heteroatoms. The van der Waals surface area contributed by atoms with Gasteiger partial charge in [-0.05, 0) is 50.5 Å². The molecule has 0 saturated carbocycles. The molecule has 0 spiro atoms. The highest BCUT2D eigenvalue weighted by Crippen LogP contribution is 2.29. The first kappa shape index (κ1) is 18.3. The Balaban J connectivity index is 2.22. The van der Waals surface area contributed by atoms with Crippen LogP contribution in [0.15, 0.2) is 18.2 Å². The second-order valence-corrected chi connectivity index (χ2v) is 8.08. The Morgan fingerprint density at radius 1 is 1.29 bits per heavy atom. The maximum Gasteiger partial charge on any atom is 0.308 e. The van der Waals surface area contributed by atoms with E-state index in [2.05, 4.69) is 5.32 Å². The van der Waals surface area contributed by atoms with E-state index >= 15 is 0 Å². The number of hydrogen-bond acceptors (Lipinski definition) is 4. The number of sulfonamides is 1. The summed E-state index contributed by atoms with van der Waals surface area (Å²) >= 11 is 0. The van der Waals surface area contributed by atoms with Crippen LogP contribution in [0.2, 0.25) is 0 Å². The molecule has 132 valence electrons. The van der Waals surface area contributed by atoms with Gasteiger partial charge >= 0.3 is 5.97 Å². The summed E-state index contributed by atoms with van der Waals surface area (Å²) in [5.41, 5.74) is 1.80. The van der Waals surface area contributed by atoms with Gasteiger partial charge in [0.05, 0.1) is 17.9 Å². The third-order valence-electron chi connectivity index (χ3n) is 4.32. The first-order valence-electron chi connectivity index (χ1n) is 7.75. The number of aliphatic carboxylic acids is 1. The number of amides is 1. The Kier molecular flexibility index (Phi) is 5.17. The zero-order valence-corrected chi connectivity index (χ0v) is 14.8. The number of carboxylic acids is 1. The van der Waals surface area contributed by atoms with Crippen molar-refractivity contribution in [2.45, 2.75) is 32.7 Å². The van der Waals surface area contributed by atoms with Gasteiger partial charge in [-0.1, -0.05) is 0 Å². The molecule has 2 atom stereocenters. The van der Waals surface area contributed by atoms with E-state index in [1.54, 1.807) is 25.1 Å². The van der Waals surface area contributed by atoms with Crippen molar-refractivity contribution in [2.24, 2.45) is 5.92 Å². The molecule has 2 rings (SSSR count). The van der Waals surface area contributed by atoms with Crippen molar-refractivity contribution in [3.05, 3.63) is 29.3 Å². The van der Waals surface area contributed by atoms with E-state index in [4.69, 9.17) is 5.11 Å². The van der Waals surface area contributed by atoms with E-state index in [1.807, 2.05) is 0 Å². The molecule has 7 nitrogen and oxygen atoms in total. The van der Waals surface area contributed by atoms with Crippen LogP contribution in [0.25, 0.3) is 0 Å². The van der Waals surface area contributed by atoms with E-state index in [1.165, 1.54) is 11.2 Å². The molecule has 24 heavy (non-hydrogen) atoms. The van der Waals surface area contributed by atoms with Gasteiger partial charge < -0.3 is 10.4 Å². The highest BCUT2D eigenvalue weighted by atomic mass is 32.2. The molecule has 1 aliphatic heterocycles. The summed E-state index contributed by atoms with van der Waals surface area (Å²) in [6, 6.07) is 4.37. The quantitative estimate of drug-likeness (QED) is 0.828. The van der Waals surface area contributed by atoms with Crippen molar-refractivity contribution < 1.29 is 23.1 Å². The van der Waals surface area contributed by atoms with Gasteiger partial charge in [-0.2, -0.15) is 0 Å². The molecule has 1 heterocycles. The van der Waals surface area contributed by atoms with Crippen molar-refractivity contribution in [1.82, 2.24) is 5.32 Å².